The van der Waals surface area contributed by atoms with E-state index in [2.05, 4.69) is 4.98 Å². The lowest BCUT2D eigenvalue weighted by Gasteiger charge is -1.93. The van der Waals surface area contributed by atoms with Gasteiger partial charge in [0.2, 0.25) is 5.89 Å². The van der Waals surface area contributed by atoms with Gasteiger partial charge in [-0.25, -0.2) is 4.98 Å². The smallest absolute Gasteiger partial charge is 0.226 e. The molecule has 4 heteroatoms. The first-order chi connectivity index (χ1) is 8.86. The van der Waals surface area contributed by atoms with Gasteiger partial charge in [0, 0.05) is 5.56 Å². The zero-order valence-corrected chi connectivity index (χ0v) is 9.54. The number of rotatable bonds is 3. The number of aromatic nitrogens is 1. The predicted molar refractivity (Wildman–Crippen MR) is 65.6 cm³/mol. The molecule has 0 saturated carbocycles. The number of hydrogen-bond donors (Lipinski definition) is 1. The Labute approximate surface area is 104 Å². The van der Waals surface area contributed by atoms with Gasteiger partial charge in [0.15, 0.2) is 11.5 Å². The van der Waals surface area contributed by atoms with Crippen molar-refractivity contribution in [3.8, 4) is 23.0 Å². The van der Waals surface area contributed by atoms with Gasteiger partial charge in [-0.15, -0.1) is 0 Å². The zero-order valence-electron chi connectivity index (χ0n) is 9.54. The van der Waals surface area contributed by atoms with Crippen molar-refractivity contribution in [3.63, 3.8) is 0 Å². The molecule has 0 unspecified atom stereocenters. The van der Waals surface area contributed by atoms with Crippen LogP contribution in [-0.2, 0) is 6.61 Å². The highest BCUT2D eigenvalue weighted by atomic mass is 16.4. The third-order valence-corrected chi connectivity index (χ3v) is 2.59. The molecule has 0 aliphatic carbocycles. The Kier molecular flexibility index (Phi) is 2.70. The molecule has 0 bridgehead atoms. The van der Waals surface area contributed by atoms with E-state index in [-0.39, 0.29) is 6.61 Å². The summed E-state index contributed by atoms with van der Waals surface area (Å²) in [7, 11) is 0. The number of hydrogen-bond acceptors (Lipinski definition) is 4. The molecule has 3 rings (SSSR count). The highest BCUT2D eigenvalue weighted by Gasteiger charge is 2.11. The van der Waals surface area contributed by atoms with Crippen molar-refractivity contribution >= 4 is 0 Å². The van der Waals surface area contributed by atoms with Crippen molar-refractivity contribution in [1.29, 1.82) is 0 Å². The number of aliphatic hydroxyl groups excluding tert-OH is 1. The maximum atomic E-state index is 8.94. The van der Waals surface area contributed by atoms with Crippen LogP contribution in [0.2, 0.25) is 0 Å². The molecule has 1 N–H and O–H groups in total. The Balaban J connectivity index is 1.94. The Bertz CT molecular complexity index is 640. The van der Waals surface area contributed by atoms with Gasteiger partial charge in [-0.2, -0.15) is 0 Å². The molecule has 0 saturated heterocycles. The number of benzene rings is 1. The summed E-state index contributed by atoms with van der Waals surface area (Å²) in [5.41, 5.74) is 0.915. The summed E-state index contributed by atoms with van der Waals surface area (Å²) in [4.78, 5) is 4.21. The Morgan fingerprint density at radius 2 is 1.78 bits per heavy atom. The van der Waals surface area contributed by atoms with Gasteiger partial charge in [-0.05, 0) is 24.3 Å². The summed E-state index contributed by atoms with van der Waals surface area (Å²) in [5, 5.41) is 8.94. The van der Waals surface area contributed by atoms with Crippen molar-refractivity contribution in [1.82, 2.24) is 4.98 Å². The van der Waals surface area contributed by atoms with Crippen LogP contribution >= 0.6 is 0 Å². The topological polar surface area (TPSA) is 59.4 Å². The van der Waals surface area contributed by atoms with Crippen LogP contribution in [0.5, 0.6) is 0 Å². The van der Waals surface area contributed by atoms with Crippen molar-refractivity contribution in [3.05, 3.63) is 54.4 Å². The van der Waals surface area contributed by atoms with Gasteiger partial charge >= 0.3 is 0 Å². The lowest BCUT2D eigenvalue weighted by molar-refractivity contribution is 0.248. The van der Waals surface area contributed by atoms with Crippen molar-refractivity contribution in [2.75, 3.05) is 0 Å². The summed E-state index contributed by atoms with van der Waals surface area (Å²) in [6.45, 7) is -0.125. The molecule has 0 spiro atoms. The van der Waals surface area contributed by atoms with Crippen molar-refractivity contribution in [2.45, 2.75) is 6.61 Å². The van der Waals surface area contributed by atoms with Crippen LogP contribution in [0, 0.1) is 0 Å². The zero-order chi connectivity index (χ0) is 12.4. The van der Waals surface area contributed by atoms with E-state index < -0.39 is 0 Å². The molecule has 0 fully saturated rings. The van der Waals surface area contributed by atoms with Crippen LogP contribution in [0.4, 0.5) is 0 Å². The molecule has 2 aromatic heterocycles. The predicted octanol–water partition coefficient (Wildman–Crippen LogP) is 3.09. The second kappa shape index (κ2) is 4.50. The monoisotopic (exact) mass is 241 g/mol. The minimum atomic E-state index is -0.125. The fourth-order valence-electron chi connectivity index (χ4n) is 1.70. The summed E-state index contributed by atoms with van der Waals surface area (Å²) < 4.78 is 11.0. The van der Waals surface area contributed by atoms with E-state index in [4.69, 9.17) is 13.9 Å². The van der Waals surface area contributed by atoms with Crippen molar-refractivity contribution < 1.29 is 13.9 Å². The third-order valence-electron chi connectivity index (χ3n) is 2.59. The summed E-state index contributed by atoms with van der Waals surface area (Å²) in [6.07, 6.45) is 1.61. The molecular weight excluding hydrogens is 230 g/mol. The van der Waals surface area contributed by atoms with Crippen LogP contribution in [0.1, 0.15) is 5.76 Å². The van der Waals surface area contributed by atoms with E-state index in [1.165, 1.54) is 0 Å². The standard InChI is InChI=1S/C14H11NO3/c16-9-11-6-7-12(17-11)13-8-15-14(18-13)10-4-2-1-3-5-10/h1-8,16H,9H2. The Morgan fingerprint density at radius 1 is 0.944 bits per heavy atom. The van der Waals surface area contributed by atoms with E-state index in [1.807, 2.05) is 30.3 Å². The second-order valence-electron chi connectivity index (χ2n) is 3.82. The minimum Gasteiger partial charge on any atom is -0.455 e. The van der Waals surface area contributed by atoms with E-state index in [0.717, 1.165) is 5.56 Å². The number of furan rings is 1. The largest absolute Gasteiger partial charge is 0.455 e. The first-order valence-corrected chi connectivity index (χ1v) is 5.58. The Hall–Kier alpha value is -2.33. The number of oxazole rings is 1. The molecule has 0 aliphatic heterocycles. The number of nitrogens with zero attached hydrogens (tertiary/aromatic N) is 1. The average Bonchev–Trinajstić information content (AvgIpc) is 3.08. The molecule has 0 amide bonds. The van der Waals surface area contributed by atoms with Crippen LogP contribution in [0.25, 0.3) is 23.0 Å². The van der Waals surface area contributed by atoms with Crippen LogP contribution in [0.15, 0.2) is 57.5 Å². The van der Waals surface area contributed by atoms with Gasteiger partial charge in [-0.1, -0.05) is 18.2 Å². The fourth-order valence-corrected chi connectivity index (χ4v) is 1.70. The average molecular weight is 241 g/mol. The van der Waals surface area contributed by atoms with Gasteiger partial charge in [0.25, 0.3) is 0 Å². The van der Waals surface area contributed by atoms with Crippen LogP contribution in [0.3, 0.4) is 0 Å². The van der Waals surface area contributed by atoms with E-state index in [9.17, 15) is 0 Å². The molecule has 0 aliphatic rings. The Morgan fingerprint density at radius 3 is 2.50 bits per heavy atom. The van der Waals surface area contributed by atoms with E-state index in [1.54, 1.807) is 18.3 Å². The number of aliphatic hydroxyl groups is 1. The quantitative estimate of drug-likeness (QED) is 0.765. The van der Waals surface area contributed by atoms with Crippen molar-refractivity contribution in [2.24, 2.45) is 0 Å². The molecule has 2 heterocycles. The minimum absolute atomic E-state index is 0.125. The molecular formula is C14H11NO3. The first-order valence-electron chi connectivity index (χ1n) is 5.58. The molecule has 4 nitrogen and oxygen atoms in total. The molecule has 18 heavy (non-hydrogen) atoms. The molecule has 1 aromatic carbocycles. The van der Waals surface area contributed by atoms with Gasteiger partial charge in [0.1, 0.15) is 12.4 Å². The highest BCUT2D eigenvalue weighted by molar-refractivity contribution is 5.57. The third kappa shape index (κ3) is 1.94. The first kappa shape index (κ1) is 10.8. The second-order valence-corrected chi connectivity index (χ2v) is 3.82. The fraction of sp³-hybridized carbons (Fsp3) is 0.0714. The summed E-state index contributed by atoms with van der Waals surface area (Å²) in [6, 6.07) is 13.1. The van der Waals surface area contributed by atoms with Gasteiger partial charge < -0.3 is 13.9 Å². The van der Waals surface area contributed by atoms with E-state index in [0.29, 0.717) is 23.2 Å². The van der Waals surface area contributed by atoms with Gasteiger partial charge in [0.05, 0.1) is 6.20 Å². The molecule has 0 radical (unpaired) electrons. The maximum absolute atomic E-state index is 8.94. The SMILES string of the molecule is OCc1ccc(-c2cnc(-c3ccccc3)o2)o1. The molecule has 0 atom stereocenters. The summed E-state index contributed by atoms with van der Waals surface area (Å²) in [5.74, 6) is 2.16. The maximum Gasteiger partial charge on any atom is 0.226 e. The van der Waals surface area contributed by atoms with Crippen LogP contribution < -0.4 is 0 Å². The molecule has 90 valence electrons. The van der Waals surface area contributed by atoms with Gasteiger partial charge in [-0.3, -0.25) is 0 Å². The highest BCUT2D eigenvalue weighted by Crippen LogP contribution is 2.27. The lowest BCUT2D eigenvalue weighted by atomic mass is 10.2. The lowest BCUT2D eigenvalue weighted by Crippen LogP contribution is -1.74. The normalized spacial score (nSPS) is 10.7. The van der Waals surface area contributed by atoms with E-state index >= 15 is 0 Å². The molecule has 3 aromatic rings. The summed E-state index contributed by atoms with van der Waals surface area (Å²) >= 11 is 0. The van der Waals surface area contributed by atoms with Crippen LogP contribution in [-0.4, -0.2) is 10.1 Å².